The second-order valence-corrected chi connectivity index (χ2v) is 7.20. The van der Waals surface area contributed by atoms with E-state index in [0.717, 1.165) is 11.1 Å². The number of aliphatic hydroxyl groups excluding tert-OH is 4. The minimum Gasteiger partial charge on any atom is -0.497 e. The molecule has 0 spiro atoms. The first-order chi connectivity index (χ1) is 15.4. The molecule has 5 unspecified atom stereocenters. The summed E-state index contributed by atoms with van der Waals surface area (Å²) in [5, 5.41) is 39.3. The van der Waals surface area contributed by atoms with Crippen molar-refractivity contribution in [3.8, 4) is 23.0 Å². The van der Waals surface area contributed by atoms with Crippen molar-refractivity contribution in [3.63, 3.8) is 0 Å². The van der Waals surface area contributed by atoms with Crippen molar-refractivity contribution in [3.05, 3.63) is 47.5 Å². The normalized spacial score (nSPS) is 25.5. The molecule has 9 heteroatoms. The Morgan fingerprint density at radius 2 is 1.44 bits per heavy atom. The summed E-state index contributed by atoms with van der Waals surface area (Å²) in [5.41, 5.74) is 1.69. The number of aliphatic hydroxyl groups is 4. The summed E-state index contributed by atoms with van der Waals surface area (Å²) in [6.07, 6.45) is -3.11. The van der Waals surface area contributed by atoms with E-state index in [1.165, 1.54) is 7.11 Å². The van der Waals surface area contributed by atoms with Crippen LogP contribution < -0.4 is 18.9 Å². The minimum absolute atomic E-state index is 0.261. The van der Waals surface area contributed by atoms with Gasteiger partial charge in [0.25, 0.3) is 0 Å². The maximum atomic E-state index is 10.2. The van der Waals surface area contributed by atoms with Gasteiger partial charge < -0.3 is 44.1 Å². The molecule has 0 saturated carbocycles. The molecule has 174 valence electrons. The van der Waals surface area contributed by atoms with E-state index in [4.69, 9.17) is 23.7 Å². The predicted molar refractivity (Wildman–Crippen MR) is 116 cm³/mol. The minimum atomic E-state index is -1.53. The van der Waals surface area contributed by atoms with Crippen LogP contribution in [-0.4, -0.2) is 79.1 Å². The van der Waals surface area contributed by atoms with Gasteiger partial charge >= 0.3 is 0 Å². The van der Waals surface area contributed by atoms with E-state index in [2.05, 4.69) is 0 Å². The zero-order valence-corrected chi connectivity index (χ0v) is 18.0. The predicted octanol–water partition coefficient (Wildman–Crippen LogP) is 1.06. The molecule has 1 saturated heterocycles. The lowest BCUT2D eigenvalue weighted by Crippen LogP contribution is -2.60. The van der Waals surface area contributed by atoms with Gasteiger partial charge in [0, 0.05) is 6.07 Å². The maximum absolute atomic E-state index is 10.2. The fourth-order valence-corrected chi connectivity index (χ4v) is 3.29. The van der Waals surface area contributed by atoms with Crippen molar-refractivity contribution in [2.24, 2.45) is 0 Å². The zero-order chi connectivity index (χ0) is 23.3. The fraction of sp³-hybridized carbons (Fsp3) is 0.391. The summed E-state index contributed by atoms with van der Waals surface area (Å²) in [6.45, 7) is -0.541. The summed E-state index contributed by atoms with van der Waals surface area (Å²) in [6, 6.07) is 10.7. The van der Waals surface area contributed by atoms with Crippen LogP contribution in [0.1, 0.15) is 11.1 Å². The van der Waals surface area contributed by atoms with Crippen LogP contribution in [0.15, 0.2) is 36.4 Å². The zero-order valence-electron chi connectivity index (χ0n) is 18.0. The van der Waals surface area contributed by atoms with Crippen LogP contribution in [0.4, 0.5) is 0 Å². The van der Waals surface area contributed by atoms with Crippen LogP contribution in [0.25, 0.3) is 12.2 Å². The topological polar surface area (TPSA) is 127 Å². The highest BCUT2D eigenvalue weighted by Gasteiger charge is 2.44. The van der Waals surface area contributed by atoms with Gasteiger partial charge in [-0.25, -0.2) is 0 Å². The standard InChI is InChI=1S/C23H28O9/c1-28-15-8-14(9-16(11-15)29-2)5-4-13-6-7-17(18(10-13)30-3)31-23-22(27)21(26)20(25)19(12-24)32-23/h4-11,19-27H,12H2,1-3H3. The summed E-state index contributed by atoms with van der Waals surface area (Å²) < 4.78 is 27.0. The summed E-state index contributed by atoms with van der Waals surface area (Å²) in [4.78, 5) is 0. The molecule has 3 rings (SSSR count). The van der Waals surface area contributed by atoms with Gasteiger partial charge in [0.05, 0.1) is 27.9 Å². The van der Waals surface area contributed by atoms with Crippen molar-refractivity contribution in [1.29, 1.82) is 0 Å². The highest BCUT2D eigenvalue weighted by Crippen LogP contribution is 2.33. The van der Waals surface area contributed by atoms with Gasteiger partial charge in [-0.05, 0) is 35.4 Å². The summed E-state index contributed by atoms with van der Waals surface area (Å²) >= 11 is 0. The molecule has 0 amide bonds. The lowest BCUT2D eigenvalue weighted by molar-refractivity contribution is -0.277. The van der Waals surface area contributed by atoms with Crippen molar-refractivity contribution in [2.75, 3.05) is 27.9 Å². The molecule has 0 radical (unpaired) electrons. The Morgan fingerprint density at radius 1 is 0.781 bits per heavy atom. The largest absolute Gasteiger partial charge is 0.497 e. The molecule has 32 heavy (non-hydrogen) atoms. The van der Waals surface area contributed by atoms with Crippen molar-refractivity contribution < 1.29 is 44.1 Å². The SMILES string of the molecule is COc1cc(C=Cc2ccc(OC3OC(CO)C(O)C(O)C3O)c(OC)c2)cc(OC)c1. The lowest BCUT2D eigenvalue weighted by Gasteiger charge is -2.39. The molecule has 2 aromatic carbocycles. The van der Waals surface area contributed by atoms with Gasteiger partial charge in [-0.2, -0.15) is 0 Å². The number of ether oxygens (including phenoxy) is 5. The highest BCUT2D eigenvalue weighted by atomic mass is 16.7. The average molecular weight is 448 g/mol. The van der Waals surface area contributed by atoms with Gasteiger partial charge in [0.2, 0.25) is 6.29 Å². The molecule has 5 atom stereocenters. The van der Waals surface area contributed by atoms with Crippen LogP contribution in [-0.2, 0) is 4.74 Å². The molecule has 1 aliphatic rings. The molecule has 1 aliphatic heterocycles. The summed E-state index contributed by atoms with van der Waals surface area (Å²) in [7, 11) is 4.64. The Hall–Kier alpha value is -2.82. The van der Waals surface area contributed by atoms with Crippen LogP contribution >= 0.6 is 0 Å². The second-order valence-electron chi connectivity index (χ2n) is 7.20. The molecular formula is C23H28O9. The van der Waals surface area contributed by atoms with Gasteiger partial charge in [0.1, 0.15) is 35.9 Å². The Kier molecular flexibility index (Phi) is 7.94. The van der Waals surface area contributed by atoms with Gasteiger partial charge in [0.15, 0.2) is 11.5 Å². The monoisotopic (exact) mass is 448 g/mol. The third-order valence-electron chi connectivity index (χ3n) is 5.12. The number of rotatable bonds is 8. The Bertz CT molecular complexity index is 905. The molecule has 9 nitrogen and oxygen atoms in total. The van der Waals surface area contributed by atoms with Gasteiger partial charge in [-0.3, -0.25) is 0 Å². The van der Waals surface area contributed by atoms with Gasteiger partial charge in [-0.1, -0.05) is 18.2 Å². The number of benzene rings is 2. The third kappa shape index (κ3) is 5.32. The van der Waals surface area contributed by atoms with E-state index in [-0.39, 0.29) is 5.75 Å². The van der Waals surface area contributed by atoms with E-state index in [1.54, 1.807) is 38.5 Å². The molecule has 0 bridgehead atoms. The maximum Gasteiger partial charge on any atom is 0.229 e. The Labute approximate surface area is 186 Å². The summed E-state index contributed by atoms with van der Waals surface area (Å²) in [5.74, 6) is 1.97. The van der Waals surface area contributed by atoms with Crippen molar-refractivity contribution in [2.45, 2.75) is 30.7 Å². The van der Waals surface area contributed by atoms with Crippen molar-refractivity contribution >= 4 is 12.2 Å². The number of hydrogen-bond donors (Lipinski definition) is 4. The molecule has 4 N–H and O–H groups in total. The van der Waals surface area contributed by atoms with Gasteiger partial charge in [-0.15, -0.1) is 0 Å². The van der Waals surface area contributed by atoms with Crippen LogP contribution in [0.2, 0.25) is 0 Å². The van der Waals surface area contributed by atoms with E-state index in [9.17, 15) is 20.4 Å². The van der Waals surface area contributed by atoms with Crippen LogP contribution in [0.3, 0.4) is 0 Å². The fourth-order valence-electron chi connectivity index (χ4n) is 3.29. The second kappa shape index (κ2) is 10.7. The van der Waals surface area contributed by atoms with E-state index >= 15 is 0 Å². The third-order valence-corrected chi connectivity index (χ3v) is 5.12. The molecule has 1 heterocycles. The highest BCUT2D eigenvalue weighted by molar-refractivity contribution is 5.72. The lowest BCUT2D eigenvalue weighted by atomic mass is 9.99. The molecular weight excluding hydrogens is 420 g/mol. The first-order valence-corrected chi connectivity index (χ1v) is 9.96. The quantitative estimate of drug-likeness (QED) is 0.439. The number of hydrogen-bond acceptors (Lipinski definition) is 9. The molecule has 0 aromatic heterocycles. The first-order valence-electron chi connectivity index (χ1n) is 9.96. The van der Waals surface area contributed by atoms with E-state index in [1.807, 2.05) is 24.3 Å². The molecule has 1 fully saturated rings. The Balaban J connectivity index is 1.78. The average Bonchev–Trinajstić information content (AvgIpc) is 2.83. The Morgan fingerprint density at radius 3 is 2.03 bits per heavy atom. The molecule has 2 aromatic rings. The van der Waals surface area contributed by atoms with Crippen molar-refractivity contribution in [1.82, 2.24) is 0 Å². The molecule has 0 aliphatic carbocycles. The van der Waals surface area contributed by atoms with E-state index in [0.29, 0.717) is 17.2 Å². The van der Waals surface area contributed by atoms with E-state index < -0.39 is 37.3 Å². The smallest absolute Gasteiger partial charge is 0.229 e. The van der Waals surface area contributed by atoms with Crippen LogP contribution in [0.5, 0.6) is 23.0 Å². The first kappa shape index (κ1) is 23.8. The number of methoxy groups -OCH3 is 3. The van der Waals surface area contributed by atoms with Crippen LogP contribution in [0, 0.1) is 0 Å².